The molecule has 1 fully saturated rings. The number of aliphatic carboxylic acids is 1. The van der Waals surface area contributed by atoms with E-state index in [4.69, 9.17) is 4.74 Å². The van der Waals surface area contributed by atoms with E-state index in [2.05, 4.69) is 6.92 Å². The van der Waals surface area contributed by atoms with Crippen molar-refractivity contribution in [3.63, 3.8) is 0 Å². The molecule has 15 heavy (non-hydrogen) atoms. The number of carboxylic acid groups (broad SMARTS) is 1. The molecule has 0 aromatic carbocycles. The van der Waals surface area contributed by atoms with Gasteiger partial charge >= 0.3 is 5.97 Å². The zero-order chi connectivity index (χ0) is 11.4. The normalized spacial score (nSPS) is 25.5. The third-order valence-corrected chi connectivity index (χ3v) is 2.90. The molecule has 1 heterocycles. The monoisotopic (exact) mass is 215 g/mol. The van der Waals surface area contributed by atoms with Gasteiger partial charge < -0.3 is 9.84 Å². The zero-order valence-corrected chi connectivity index (χ0v) is 9.77. The number of rotatable bonds is 4. The van der Waals surface area contributed by atoms with Crippen LogP contribution in [0, 0.1) is 5.92 Å². The molecule has 0 bridgehead atoms. The average molecular weight is 215 g/mol. The molecular formula is C11H21NO3. The van der Waals surface area contributed by atoms with E-state index in [1.54, 1.807) is 0 Å². The number of morpholine rings is 1. The molecule has 0 saturated carbocycles. The highest BCUT2D eigenvalue weighted by Gasteiger charge is 2.32. The van der Waals surface area contributed by atoms with Crippen molar-refractivity contribution < 1.29 is 14.6 Å². The Morgan fingerprint density at radius 2 is 2.27 bits per heavy atom. The fourth-order valence-corrected chi connectivity index (χ4v) is 2.10. The van der Waals surface area contributed by atoms with Gasteiger partial charge in [-0.05, 0) is 12.3 Å². The van der Waals surface area contributed by atoms with Gasteiger partial charge in [0.2, 0.25) is 0 Å². The largest absolute Gasteiger partial charge is 0.480 e. The van der Waals surface area contributed by atoms with Gasteiger partial charge in [0.05, 0.1) is 12.7 Å². The standard InChI is InChI=1S/C11H21NO3/c1-4-9-7-12(5-6-15-9)10(8(2)3)11(13)14/h8-10H,4-7H2,1-3H3,(H,13,14). The Morgan fingerprint density at radius 1 is 1.60 bits per heavy atom. The molecule has 0 amide bonds. The highest BCUT2D eigenvalue weighted by molar-refractivity contribution is 5.73. The van der Waals surface area contributed by atoms with Gasteiger partial charge in [-0.3, -0.25) is 9.69 Å². The van der Waals surface area contributed by atoms with Crippen LogP contribution >= 0.6 is 0 Å². The van der Waals surface area contributed by atoms with Crippen molar-refractivity contribution in [2.45, 2.75) is 39.3 Å². The van der Waals surface area contributed by atoms with E-state index in [-0.39, 0.29) is 18.1 Å². The SMILES string of the molecule is CCC1CN(C(C(=O)O)C(C)C)CCO1. The minimum absolute atomic E-state index is 0.137. The molecule has 4 nitrogen and oxygen atoms in total. The zero-order valence-electron chi connectivity index (χ0n) is 9.77. The Hall–Kier alpha value is -0.610. The van der Waals surface area contributed by atoms with Crippen molar-refractivity contribution in [2.75, 3.05) is 19.7 Å². The first-order chi connectivity index (χ1) is 7.06. The molecule has 0 spiro atoms. The lowest BCUT2D eigenvalue weighted by atomic mass is 10.0. The number of hydrogen-bond acceptors (Lipinski definition) is 3. The summed E-state index contributed by atoms with van der Waals surface area (Å²) in [6.07, 6.45) is 1.14. The third-order valence-electron chi connectivity index (χ3n) is 2.90. The van der Waals surface area contributed by atoms with Crippen molar-refractivity contribution in [1.29, 1.82) is 0 Å². The second-order valence-electron chi connectivity index (χ2n) is 4.42. The Balaban J connectivity index is 2.63. The van der Waals surface area contributed by atoms with Crippen LogP contribution in [0.4, 0.5) is 0 Å². The molecule has 1 N–H and O–H groups in total. The number of hydrogen-bond donors (Lipinski definition) is 1. The van der Waals surface area contributed by atoms with E-state index in [0.717, 1.165) is 19.5 Å². The summed E-state index contributed by atoms with van der Waals surface area (Å²) in [5, 5.41) is 9.17. The van der Waals surface area contributed by atoms with Crippen LogP contribution in [0.1, 0.15) is 27.2 Å². The van der Waals surface area contributed by atoms with Crippen LogP contribution in [0.15, 0.2) is 0 Å². The van der Waals surface area contributed by atoms with Gasteiger partial charge in [0.1, 0.15) is 6.04 Å². The maximum absolute atomic E-state index is 11.2. The van der Waals surface area contributed by atoms with Crippen molar-refractivity contribution in [2.24, 2.45) is 5.92 Å². The van der Waals surface area contributed by atoms with Gasteiger partial charge in [0.15, 0.2) is 0 Å². The molecule has 2 unspecified atom stereocenters. The molecule has 1 aliphatic rings. The highest BCUT2D eigenvalue weighted by atomic mass is 16.5. The third kappa shape index (κ3) is 3.18. The Morgan fingerprint density at radius 3 is 2.73 bits per heavy atom. The van der Waals surface area contributed by atoms with Crippen LogP contribution in [-0.2, 0) is 9.53 Å². The number of ether oxygens (including phenoxy) is 1. The van der Waals surface area contributed by atoms with E-state index < -0.39 is 5.97 Å². The summed E-state index contributed by atoms with van der Waals surface area (Å²) in [6, 6.07) is -0.372. The van der Waals surface area contributed by atoms with Gasteiger partial charge in [0.25, 0.3) is 0 Å². The van der Waals surface area contributed by atoms with Crippen LogP contribution in [-0.4, -0.2) is 47.8 Å². The van der Waals surface area contributed by atoms with Gasteiger partial charge in [-0.25, -0.2) is 0 Å². The molecule has 4 heteroatoms. The second-order valence-corrected chi connectivity index (χ2v) is 4.42. The predicted octanol–water partition coefficient (Wildman–Crippen LogP) is 1.21. The van der Waals surface area contributed by atoms with E-state index in [9.17, 15) is 9.90 Å². The molecule has 0 aliphatic carbocycles. The first-order valence-corrected chi connectivity index (χ1v) is 5.64. The molecule has 0 aromatic heterocycles. The summed E-state index contributed by atoms with van der Waals surface area (Å²) < 4.78 is 5.53. The van der Waals surface area contributed by atoms with E-state index in [1.165, 1.54) is 0 Å². The minimum atomic E-state index is -0.721. The van der Waals surface area contributed by atoms with E-state index in [1.807, 2.05) is 18.7 Å². The molecule has 1 aliphatic heterocycles. The molecule has 88 valence electrons. The smallest absolute Gasteiger partial charge is 0.321 e. The Bertz CT molecular complexity index is 218. The first-order valence-electron chi connectivity index (χ1n) is 5.64. The van der Waals surface area contributed by atoms with E-state index in [0.29, 0.717) is 6.61 Å². The summed E-state index contributed by atoms with van der Waals surface area (Å²) in [6.45, 7) is 8.09. The predicted molar refractivity (Wildman–Crippen MR) is 57.9 cm³/mol. The summed E-state index contributed by atoms with van der Waals surface area (Å²) >= 11 is 0. The number of carbonyl (C=O) groups is 1. The summed E-state index contributed by atoms with van der Waals surface area (Å²) in [5.74, 6) is -0.583. The fourth-order valence-electron chi connectivity index (χ4n) is 2.10. The quantitative estimate of drug-likeness (QED) is 0.765. The molecule has 1 rings (SSSR count). The van der Waals surface area contributed by atoms with Crippen molar-refractivity contribution in [1.82, 2.24) is 4.90 Å². The minimum Gasteiger partial charge on any atom is -0.480 e. The lowest BCUT2D eigenvalue weighted by Crippen LogP contribution is -2.52. The lowest BCUT2D eigenvalue weighted by Gasteiger charge is -2.37. The maximum atomic E-state index is 11.2. The number of carboxylic acids is 1. The molecular weight excluding hydrogens is 194 g/mol. The average Bonchev–Trinajstić information content (AvgIpc) is 2.17. The van der Waals surface area contributed by atoms with Crippen molar-refractivity contribution in [3.05, 3.63) is 0 Å². The highest BCUT2D eigenvalue weighted by Crippen LogP contribution is 2.16. The Kier molecular flexibility index (Phi) is 4.54. The maximum Gasteiger partial charge on any atom is 0.321 e. The summed E-state index contributed by atoms with van der Waals surface area (Å²) in [7, 11) is 0. The van der Waals surface area contributed by atoms with Crippen LogP contribution in [0.5, 0.6) is 0 Å². The molecule has 1 saturated heterocycles. The van der Waals surface area contributed by atoms with Gasteiger partial charge in [-0.15, -0.1) is 0 Å². The number of nitrogens with zero attached hydrogens (tertiary/aromatic N) is 1. The topological polar surface area (TPSA) is 49.8 Å². The van der Waals surface area contributed by atoms with Crippen LogP contribution in [0.2, 0.25) is 0 Å². The van der Waals surface area contributed by atoms with E-state index >= 15 is 0 Å². The lowest BCUT2D eigenvalue weighted by molar-refractivity contribution is -0.149. The summed E-state index contributed by atoms with van der Waals surface area (Å²) in [4.78, 5) is 13.2. The van der Waals surface area contributed by atoms with Crippen molar-refractivity contribution in [3.8, 4) is 0 Å². The molecule has 0 radical (unpaired) electrons. The van der Waals surface area contributed by atoms with Gasteiger partial charge in [-0.2, -0.15) is 0 Å². The summed E-state index contributed by atoms with van der Waals surface area (Å²) in [5.41, 5.74) is 0. The molecule has 0 aromatic rings. The fraction of sp³-hybridized carbons (Fsp3) is 0.909. The van der Waals surface area contributed by atoms with Crippen LogP contribution in [0.3, 0.4) is 0 Å². The van der Waals surface area contributed by atoms with Crippen LogP contribution in [0.25, 0.3) is 0 Å². The Labute approximate surface area is 91.2 Å². The van der Waals surface area contributed by atoms with Crippen molar-refractivity contribution >= 4 is 5.97 Å². The molecule has 2 atom stereocenters. The van der Waals surface area contributed by atoms with Gasteiger partial charge in [0, 0.05) is 13.1 Å². The first kappa shape index (κ1) is 12.5. The van der Waals surface area contributed by atoms with Gasteiger partial charge in [-0.1, -0.05) is 20.8 Å². The van der Waals surface area contributed by atoms with Crippen LogP contribution < -0.4 is 0 Å². The second kappa shape index (κ2) is 5.47.